The van der Waals surface area contributed by atoms with E-state index in [1.165, 1.54) is 23.2 Å². The van der Waals surface area contributed by atoms with Gasteiger partial charge in [0, 0.05) is 30.2 Å². The highest BCUT2D eigenvalue weighted by Crippen LogP contribution is 2.43. The Morgan fingerprint density at radius 1 is 1.26 bits per heavy atom. The summed E-state index contributed by atoms with van der Waals surface area (Å²) in [5, 5.41) is 10.6. The number of aromatic hydroxyl groups is 1. The molecule has 2 aromatic carbocycles. The second-order valence-electron chi connectivity index (χ2n) is 7.63. The lowest BCUT2D eigenvalue weighted by Crippen LogP contribution is -2.25. The Labute approximate surface area is 179 Å². The molecule has 2 N–H and O–H groups in total. The molecular formula is C22H22FN3O4S. The van der Waals surface area contributed by atoms with Crippen LogP contribution in [0.3, 0.4) is 0 Å². The number of rotatable bonds is 6. The molecule has 4 rings (SSSR count). The minimum atomic E-state index is -3.72. The molecule has 0 saturated heterocycles. The van der Waals surface area contributed by atoms with E-state index >= 15 is 0 Å². The summed E-state index contributed by atoms with van der Waals surface area (Å²) < 4.78 is 41.5. The topological polar surface area (TPSA) is 99.6 Å². The number of benzene rings is 2. The lowest BCUT2D eigenvalue weighted by atomic mass is 10.0. The van der Waals surface area contributed by atoms with Crippen molar-refractivity contribution < 1.29 is 22.7 Å². The Morgan fingerprint density at radius 3 is 2.65 bits per heavy atom. The molecule has 0 bridgehead atoms. The zero-order valence-corrected chi connectivity index (χ0v) is 17.9. The maximum absolute atomic E-state index is 13.2. The van der Waals surface area contributed by atoms with Crippen LogP contribution in [-0.4, -0.2) is 34.6 Å². The Kier molecular flexibility index (Phi) is 5.30. The van der Waals surface area contributed by atoms with E-state index in [0.29, 0.717) is 22.9 Å². The minimum Gasteiger partial charge on any atom is -0.505 e. The second kappa shape index (κ2) is 7.81. The average Bonchev–Trinajstić information content (AvgIpc) is 3.08. The molecule has 0 fully saturated rings. The fourth-order valence-corrected chi connectivity index (χ4v) is 4.83. The largest absolute Gasteiger partial charge is 0.505 e. The number of phenols is 1. The summed E-state index contributed by atoms with van der Waals surface area (Å²) >= 11 is 0. The second-order valence-corrected chi connectivity index (χ2v) is 9.73. The third kappa shape index (κ3) is 3.69. The van der Waals surface area contributed by atoms with Crippen molar-refractivity contribution in [1.82, 2.24) is 9.88 Å². The van der Waals surface area contributed by atoms with Crippen LogP contribution in [0.15, 0.2) is 42.6 Å². The highest BCUT2D eigenvalue weighted by Gasteiger charge is 2.36. The van der Waals surface area contributed by atoms with Gasteiger partial charge in [-0.15, -0.1) is 0 Å². The summed E-state index contributed by atoms with van der Waals surface area (Å²) in [6.07, 6.45) is 1.89. The summed E-state index contributed by atoms with van der Waals surface area (Å²) in [6, 6.07) is 9.08. The van der Waals surface area contributed by atoms with Gasteiger partial charge in [0.25, 0.3) is 5.91 Å². The molecule has 0 spiro atoms. The van der Waals surface area contributed by atoms with Gasteiger partial charge in [-0.2, -0.15) is 0 Å². The number of amides is 1. The highest BCUT2D eigenvalue weighted by molar-refractivity contribution is 7.93. The van der Waals surface area contributed by atoms with Gasteiger partial charge in [0.1, 0.15) is 11.3 Å². The monoisotopic (exact) mass is 443 g/mol. The normalized spacial score (nSPS) is 14.7. The van der Waals surface area contributed by atoms with Gasteiger partial charge < -0.3 is 10.0 Å². The zero-order valence-electron chi connectivity index (χ0n) is 17.1. The number of hydrogen-bond donors (Lipinski definition) is 2. The lowest BCUT2D eigenvalue weighted by Gasteiger charge is -2.18. The number of pyridine rings is 1. The first-order valence-corrected chi connectivity index (χ1v) is 11.5. The molecular weight excluding hydrogens is 421 g/mol. The summed E-state index contributed by atoms with van der Waals surface area (Å²) in [5.74, 6) is -1.09. The Balaban J connectivity index is 1.83. The molecule has 0 aliphatic carbocycles. The van der Waals surface area contributed by atoms with Crippen LogP contribution in [0.1, 0.15) is 41.8 Å². The molecule has 1 amide bonds. The Bertz CT molecular complexity index is 1280. The number of hydrogen-bond acceptors (Lipinski definition) is 5. The van der Waals surface area contributed by atoms with Crippen LogP contribution in [0, 0.1) is 5.82 Å². The van der Waals surface area contributed by atoms with Crippen molar-refractivity contribution in [2.24, 2.45) is 0 Å². The molecule has 1 aromatic heterocycles. The summed E-state index contributed by atoms with van der Waals surface area (Å²) in [4.78, 5) is 18.8. The van der Waals surface area contributed by atoms with Crippen molar-refractivity contribution in [3.05, 3.63) is 65.1 Å². The first kappa shape index (κ1) is 21.0. The van der Waals surface area contributed by atoms with E-state index in [9.17, 15) is 22.7 Å². The first-order chi connectivity index (χ1) is 14.7. The van der Waals surface area contributed by atoms with E-state index in [1.807, 2.05) is 0 Å². The standard InChI is InChI=1S/C22H22FN3O4S/c1-3-13(2)31(29,30)25-19-16-5-4-10-24-20(16)21(27)18-17(19)12-26(22(18)28)11-14-6-8-15(23)9-7-14/h4-10,13,25,27H,3,11-12H2,1-2H3. The molecule has 1 aliphatic heterocycles. The Hall–Kier alpha value is -3.20. The van der Waals surface area contributed by atoms with Crippen LogP contribution in [0.2, 0.25) is 0 Å². The molecule has 7 nitrogen and oxygen atoms in total. The molecule has 1 aliphatic rings. The number of carbonyl (C=O) groups is 1. The molecule has 2 heterocycles. The van der Waals surface area contributed by atoms with Gasteiger partial charge in [0.15, 0.2) is 5.75 Å². The summed E-state index contributed by atoms with van der Waals surface area (Å²) in [7, 11) is -3.72. The number of nitrogens with one attached hydrogen (secondary N) is 1. The van der Waals surface area contributed by atoms with Gasteiger partial charge in [0.2, 0.25) is 10.0 Å². The lowest BCUT2D eigenvalue weighted by molar-refractivity contribution is 0.0764. The van der Waals surface area contributed by atoms with Crippen molar-refractivity contribution in [1.29, 1.82) is 0 Å². The quantitative estimate of drug-likeness (QED) is 0.565. The molecule has 3 aromatic rings. The summed E-state index contributed by atoms with van der Waals surface area (Å²) in [5.41, 5.74) is 1.56. The number of phenolic OH excluding ortho intramolecular Hbond substituents is 1. The molecule has 31 heavy (non-hydrogen) atoms. The smallest absolute Gasteiger partial charge is 0.258 e. The SMILES string of the molecule is CCC(C)S(=O)(=O)Nc1c2c(c(O)c3ncccc13)C(=O)N(Cc1ccc(F)cc1)C2. The number of anilines is 1. The van der Waals surface area contributed by atoms with Gasteiger partial charge in [0.05, 0.1) is 16.5 Å². The number of fused-ring (bicyclic) bond motifs is 2. The number of nitrogens with zero attached hydrogens (tertiary/aromatic N) is 2. The zero-order chi connectivity index (χ0) is 22.3. The predicted octanol–water partition coefficient (Wildman–Crippen LogP) is 3.78. The van der Waals surface area contributed by atoms with E-state index in [-0.39, 0.29) is 41.4 Å². The third-order valence-corrected chi connectivity index (χ3v) is 7.51. The van der Waals surface area contributed by atoms with E-state index in [0.717, 1.165) is 0 Å². The Morgan fingerprint density at radius 2 is 1.97 bits per heavy atom. The number of carbonyl (C=O) groups excluding carboxylic acids is 1. The molecule has 1 atom stereocenters. The van der Waals surface area contributed by atoms with Crippen LogP contribution < -0.4 is 4.72 Å². The van der Waals surface area contributed by atoms with Crippen LogP contribution in [0.5, 0.6) is 5.75 Å². The van der Waals surface area contributed by atoms with E-state index in [4.69, 9.17) is 0 Å². The fraction of sp³-hybridized carbons (Fsp3) is 0.273. The van der Waals surface area contributed by atoms with E-state index in [1.54, 1.807) is 38.1 Å². The minimum absolute atomic E-state index is 0.0372. The predicted molar refractivity (Wildman–Crippen MR) is 116 cm³/mol. The summed E-state index contributed by atoms with van der Waals surface area (Å²) in [6.45, 7) is 3.67. The van der Waals surface area contributed by atoms with Crippen molar-refractivity contribution in [2.75, 3.05) is 4.72 Å². The van der Waals surface area contributed by atoms with Gasteiger partial charge >= 0.3 is 0 Å². The highest BCUT2D eigenvalue weighted by atomic mass is 32.2. The van der Waals surface area contributed by atoms with Gasteiger partial charge in [-0.3, -0.25) is 14.5 Å². The maximum Gasteiger partial charge on any atom is 0.258 e. The molecule has 0 radical (unpaired) electrons. The van der Waals surface area contributed by atoms with Gasteiger partial charge in [-0.05, 0) is 43.2 Å². The average molecular weight is 444 g/mol. The fourth-order valence-electron chi connectivity index (χ4n) is 3.67. The van der Waals surface area contributed by atoms with Gasteiger partial charge in [-0.25, -0.2) is 12.8 Å². The molecule has 0 saturated carbocycles. The van der Waals surface area contributed by atoms with E-state index in [2.05, 4.69) is 9.71 Å². The van der Waals surface area contributed by atoms with Gasteiger partial charge in [-0.1, -0.05) is 19.1 Å². The number of halogens is 1. The molecule has 9 heteroatoms. The molecule has 1 unspecified atom stereocenters. The van der Waals surface area contributed by atoms with Crippen LogP contribution in [0.4, 0.5) is 10.1 Å². The van der Waals surface area contributed by atoms with Crippen LogP contribution in [-0.2, 0) is 23.1 Å². The third-order valence-electron chi connectivity index (χ3n) is 5.63. The van der Waals surface area contributed by atoms with Crippen molar-refractivity contribution in [2.45, 2.75) is 38.6 Å². The first-order valence-electron chi connectivity index (χ1n) is 9.90. The van der Waals surface area contributed by atoms with Crippen molar-refractivity contribution >= 4 is 32.5 Å². The van der Waals surface area contributed by atoms with Crippen molar-refractivity contribution in [3.8, 4) is 5.75 Å². The van der Waals surface area contributed by atoms with Crippen LogP contribution in [0.25, 0.3) is 10.9 Å². The number of aromatic nitrogens is 1. The van der Waals surface area contributed by atoms with E-state index < -0.39 is 21.2 Å². The molecule has 162 valence electrons. The van der Waals surface area contributed by atoms with Crippen molar-refractivity contribution in [3.63, 3.8) is 0 Å². The van der Waals surface area contributed by atoms with Crippen LogP contribution >= 0.6 is 0 Å². The maximum atomic E-state index is 13.2. The number of sulfonamides is 1.